The number of hydrogen-bond donors (Lipinski definition) is 1. The first-order chi connectivity index (χ1) is 14.8. The maximum atomic E-state index is 13.2. The first-order valence-corrected chi connectivity index (χ1v) is 10.4. The lowest BCUT2D eigenvalue weighted by Crippen LogP contribution is -2.40. The molecule has 1 fully saturated rings. The van der Waals surface area contributed by atoms with Gasteiger partial charge < -0.3 is 9.88 Å². The van der Waals surface area contributed by atoms with Crippen molar-refractivity contribution in [1.82, 2.24) is 4.57 Å². The van der Waals surface area contributed by atoms with Crippen molar-refractivity contribution in [1.29, 1.82) is 0 Å². The Morgan fingerprint density at radius 3 is 2.06 bits per heavy atom. The zero-order chi connectivity index (χ0) is 22.1. The van der Waals surface area contributed by atoms with Crippen molar-refractivity contribution in [3.05, 3.63) is 77.1 Å². The Morgan fingerprint density at radius 2 is 1.45 bits per heavy atom. The summed E-state index contributed by atoms with van der Waals surface area (Å²) in [5, 5.41) is 2.94. The monoisotopic (exact) mass is 415 g/mol. The Bertz CT molecular complexity index is 1140. The molecule has 1 aromatic heterocycles. The minimum Gasteiger partial charge on any atom is -0.322 e. The largest absolute Gasteiger partial charge is 0.322 e. The topological polar surface area (TPSA) is 71.4 Å². The molecule has 6 heteroatoms. The molecule has 0 spiro atoms. The molecule has 0 atom stereocenters. The highest BCUT2D eigenvalue weighted by atomic mass is 16.2. The molecule has 4 rings (SSSR count). The van der Waals surface area contributed by atoms with Gasteiger partial charge in [-0.05, 0) is 75.7 Å². The van der Waals surface area contributed by atoms with Crippen LogP contribution < -0.4 is 10.2 Å². The molecule has 0 unspecified atom stereocenters. The van der Waals surface area contributed by atoms with E-state index in [0.29, 0.717) is 36.2 Å². The van der Waals surface area contributed by atoms with Crippen molar-refractivity contribution in [3.8, 4) is 5.69 Å². The number of aromatic nitrogens is 1. The molecule has 1 aliphatic rings. The lowest BCUT2D eigenvalue weighted by Gasteiger charge is -2.25. The van der Waals surface area contributed by atoms with E-state index in [1.165, 1.54) is 4.90 Å². The predicted octanol–water partition coefficient (Wildman–Crippen LogP) is 4.70. The van der Waals surface area contributed by atoms with Gasteiger partial charge in [0.2, 0.25) is 11.8 Å². The van der Waals surface area contributed by atoms with Crippen molar-refractivity contribution in [2.24, 2.45) is 0 Å². The van der Waals surface area contributed by atoms with Crippen LogP contribution in [0.15, 0.2) is 54.6 Å². The van der Waals surface area contributed by atoms with E-state index in [1.807, 2.05) is 51.1 Å². The van der Waals surface area contributed by atoms with Gasteiger partial charge >= 0.3 is 0 Å². The smallest absolute Gasteiger partial charge is 0.257 e. The third-order valence-corrected chi connectivity index (χ3v) is 5.57. The van der Waals surface area contributed by atoms with E-state index in [0.717, 1.165) is 22.6 Å². The molecular formula is C25H25N3O3. The summed E-state index contributed by atoms with van der Waals surface area (Å²) in [6.45, 7) is 5.98. The number of nitrogens with zero attached hydrogens (tertiary/aromatic N) is 2. The van der Waals surface area contributed by atoms with E-state index in [-0.39, 0.29) is 17.7 Å². The maximum absolute atomic E-state index is 13.2. The summed E-state index contributed by atoms with van der Waals surface area (Å²) >= 11 is 0. The highest BCUT2D eigenvalue weighted by Gasteiger charge is 2.27. The fraction of sp³-hybridized carbons (Fsp3) is 0.240. The predicted molar refractivity (Wildman–Crippen MR) is 121 cm³/mol. The Kier molecular flexibility index (Phi) is 5.46. The second-order valence-electron chi connectivity index (χ2n) is 7.95. The van der Waals surface area contributed by atoms with Crippen molar-refractivity contribution in [2.75, 3.05) is 10.2 Å². The van der Waals surface area contributed by atoms with Gasteiger partial charge in [0, 0.05) is 29.9 Å². The van der Waals surface area contributed by atoms with Gasteiger partial charge in [0.1, 0.15) is 0 Å². The van der Waals surface area contributed by atoms with Crippen LogP contribution in [0.5, 0.6) is 0 Å². The van der Waals surface area contributed by atoms with Crippen LogP contribution in [0.1, 0.15) is 46.6 Å². The molecule has 0 aliphatic carbocycles. The van der Waals surface area contributed by atoms with Crippen LogP contribution in [0.3, 0.4) is 0 Å². The number of anilines is 2. The molecule has 3 aromatic rings. The van der Waals surface area contributed by atoms with Crippen LogP contribution >= 0.6 is 0 Å². The molecule has 31 heavy (non-hydrogen) atoms. The summed E-state index contributed by atoms with van der Waals surface area (Å²) in [5.41, 5.74) is 5.62. The number of carbonyl (C=O) groups is 3. The Balaban J connectivity index is 1.60. The van der Waals surface area contributed by atoms with E-state index in [9.17, 15) is 14.4 Å². The molecular weight excluding hydrogens is 390 g/mol. The van der Waals surface area contributed by atoms with E-state index in [4.69, 9.17) is 0 Å². The molecule has 0 saturated carbocycles. The Labute approximate surface area is 181 Å². The lowest BCUT2D eigenvalue weighted by atomic mass is 10.1. The number of imide groups is 1. The van der Waals surface area contributed by atoms with Gasteiger partial charge in [-0.25, -0.2) is 0 Å². The van der Waals surface area contributed by atoms with Crippen LogP contribution in [0.2, 0.25) is 0 Å². The van der Waals surface area contributed by atoms with Gasteiger partial charge in [0.05, 0.1) is 16.9 Å². The molecule has 1 N–H and O–H groups in total. The van der Waals surface area contributed by atoms with Crippen molar-refractivity contribution >= 4 is 29.1 Å². The minimum atomic E-state index is -0.218. The average molecular weight is 415 g/mol. The highest BCUT2D eigenvalue weighted by molar-refractivity contribution is 6.16. The second-order valence-corrected chi connectivity index (χ2v) is 7.95. The van der Waals surface area contributed by atoms with Crippen LogP contribution in [0.25, 0.3) is 5.69 Å². The van der Waals surface area contributed by atoms with Crippen molar-refractivity contribution < 1.29 is 14.4 Å². The number of aryl methyl sites for hydroxylation is 3. The zero-order valence-electron chi connectivity index (χ0n) is 17.9. The van der Waals surface area contributed by atoms with Crippen molar-refractivity contribution in [2.45, 2.75) is 40.0 Å². The molecule has 0 radical (unpaired) electrons. The summed E-state index contributed by atoms with van der Waals surface area (Å²) in [6.07, 6.45) is 1.35. The number of carbonyl (C=O) groups excluding carboxylic acids is 3. The molecule has 3 amide bonds. The third-order valence-electron chi connectivity index (χ3n) is 5.57. The number of amides is 3. The summed E-state index contributed by atoms with van der Waals surface area (Å²) in [6, 6.07) is 16.7. The molecule has 6 nitrogen and oxygen atoms in total. The van der Waals surface area contributed by atoms with Gasteiger partial charge in [-0.2, -0.15) is 0 Å². The summed E-state index contributed by atoms with van der Waals surface area (Å²) in [7, 11) is 0. The first-order valence-electron chi connectivity index (χ1n) is 10.4. The fourth-order valence-corrected chi connectivity index (χ4v) is 4.01. The molecule has 0 bridgehead atoms. The quantitative estimate of drug-likeness (QED) is 0.628. The SMILES string of the molecule is Cc1ccc(-n2c(C)ccc2C)c(C(=O)Nc2ccc(N3C(=O)CCCC3=O)cc2)c1. The third kappa shape index (κ3) is 4.01. The summed E-state index contributed by atoms with van der Waals surface area (Å²) in [4.78, 5) is 38.6. The maximum Gasteiger partial charge on any atom is 0.257 e. The molecule has 2 heterocycles. The standard InChI is InChI=1S/C25H25N3O3/c1-16-7-14-22(27-17(2)8-9-18(27)3)21(15-16)25(31)26-19-10-12-20(13-11-19)28-23(29)5-4-6-24(28)30/h7-15H,4-6H2,1-3H3,(H,26,31). The van der Waals surface area contributed by atoms with Gasteiger partial charge in [-0.15, -0.1) is 0 Å². The molecule has 158 valence electrons. The Hall–Kier alpha value is -3.67. The zero-order valence-corrected chi connectivity index (χ0v) is 17.9. The molecule has 2 aromatic carbocycles. The normalized spacial score (nSPS) is 14.1. The summed E-state index contributed by atoms with van der Waals surface area (Å²) in [5.74, 6) is -0.589. The van der Waals surface area contributed by atoms with E-state index in [2.05, 4.69) is 9.88 Å². The van der Waals surface area contributed by atoms with Crippen molar-refractivity contribution in [3.63, 3.8) is 0 Å². The van der Waals surface area contributed by atoms with Gasteiger partial charge in [0.25, 0.3) is 5.91 Å². The fourth-order valence-electron chi connectivity index (χ4n) is 4.01. The van der Waals surface area contributed by atoms with Crippen LogP contribution in [0, 0.1) is 20.8 Å². The van der Waals surface area contributed by atoms with Gasteiger partial charge in [0.15, 0.2) is 0 Å². The number of rotatable bonds is 4. The highest BCUT2D eigenvalue weighted by Crippen LogP contribution is 2.26. The van der Waals surface area contributed by atoms with E-state index < -0.39 is 0 Å². The van der Waals surface area contributed by atoms with Gasteiger partial charge in [-0.1, -0.05) is 11.6 Å². The van der Waals surface area contributed by atoms with Crippen LogP contribution in [-0.2, 0) is 9.59 Å². The summed E-state index contributed by atoms with van der Waals surface area (Å²) < 4.78 is 2.06. The molecule has 1 saturated heterocycles. The van der Waals surface area contributed by atoms with Crippen LogP contribution in [-0.4, -0.2) is 22.3 Å². The lowest BCUT2D eigenvalue weighted by molar-refractivity contribution is -0.129. The first kappa shape index (κ1) is 20.6. The Morgan fingerprint density at radius 1 is 0.839 bits per heavy atom. The number of benzene rings is 2. The second kappa shape index (κ2) is 8.22. The molecule has 1 aliphatic heterocycles. The number of hydrogen-bond acceptors (Lipinski definition) is 3. The van der Waals surface area contributed by atoms with Gasteiger partial charge in [-0.3, -0.25) is 19.3 Å². The number of nitrogens with one attached hydrogen (secondary N) is 1. The average Bonchev–Trinajstić information content (AvgIpc) is 3.07. The van der Waals surface area contributed by atoms with Crippen LogP contribution in [0.4, 0.5) is 11.4 Å². The van der Waals surface area contributed by atoms with E-state index in [1.54, 1.807) is 24.3 Å². The number of piperidine rings is 1. The minimum absolute atomic E-state index is 0.185. The van der Waals surface area contributed by atoms with E-state index >= 15 is 0 Å².